The molecule has 0 aromatic heterocycles. The summed E-state index contributed by atoms with van der Waals surface area (Å²) in [7, 11) is 0. The second-order valence-electron chi connectivity index (χ2n) is 12.9. The quantitative estimate of drug-likeness (QED) is 0.112. The Labute approximate surface area is 315 Å². The van der Waals surface area contributed by atoms with Crippen molar-refractivity contribution >= 4 is 68.2 Å². The smallest absolute Gasteiger partial charge is 0.101 e. The average molecular weight is 691 g/mol. The number of rotatable bonds is 9. The Morgan fingerprint density at radius 3 is 1.17 bits per heavy atom. The molecule has 0 atom stereocenters. The number of nitriles is 2. The number of anilines is 5. The van der Waals surface area contributed by atoms with Crippen molar-refractivity contribution in [3.63, 3.8) is 0 Å². The molecule has 0 heterocycles. The molecule has 8 rings (SSSR count). The van der Waals surface area contributed by atoms with Gasteiger partial charge in [0.15, 0.2) is 0 Å². The average Bonchev–Trinajstić information content (AvgIpc) is 3.24. The monoisotopic (exact) mass is 690 g/mol. The number of hydrogen-bond donors (Lipinski definition) is 0. The van der Waals surface area contributed by atoms with Crippen molar-refractivity contribution in [2.24, 2.45) is 0 Å². The van der Waals surface area contributed by atoms with Crippen molar-refractivity contribution in [2.75, 3.05) is 9.80 Å². The number of hydrogen-bond acceptors (Lipinski definition) is 4. The maximum absolute atomic E-state index is 10.2. The van der Waals surface area contributed by atoms with Crippen LogP contribution in [0.2, 0.25) is 0 Å². The van der Waals surface area contributed by atoms with Crippen LogP contribution in [0.5, 0.6) is 0 Å². The Hall–Kier alpha value is -7.66. The Bertz CT molecular complexity index is 2630. The van der Waals surface area contributed by atoms with E-state index in [9.17, 15) is 10.5 Å². The summed E-state index contributed by atoms with van der Waals surface area (Å²) in [6, 6.07) is 66.6. The van der Waals surface area contributed by atoms with Crippen LogP contribution in [0.25, 0.3) is 39.8 Å². The summed E-state index contributed by atoms with van der Waals surface area (Å²) in [6.45, 7) is 0. The first-order valence-electron chi connectivity index (χ1n) is 17.8. The first-order chi connectivity index (χ1) is 26.7. The van der Waals surface area contributed by atoms with Gasteiger partial charge in [-0.2, -0.15) is 10.5 Å². The van der Waals surface area contributed by atoms with E-state index in [0.717, 1.165) is 66.7 Å². The lowest BCUT2D eigenvalue weighted by molar-refractivity contribution is 1.28. The third kappa shape index (κ3) is 6.84. The van der Waals surface area contributed by atoms with Gasteiger partial charge in [-0.25, -0.2) is 0 Å². The Kier molecular flexibility index (Phi) is 9.48. The van der Waals surface area contributed by atoms with Gasteiger partial charge in [-0.05, 0) is 106 Å². The zero-order valence-corrected chi connectivity index (χ0v) is 29.4. The third-order valence-corrected chi connectivity index (χ3v) is 9.52. The van der Waals surface area contributed by atoms with Crippen LogP contribution in [0.1, 0.15) is 27.8 Å². The molecule has 0 saturated heterocycles. The van der Waals surface area contributed by atoms with Gasteiger partial charge < -0.3 is 9.80 Å². The first kappa shape index (κ1) is 33.5. The second-order valence-corrected chi connectivity index (χ2v) is 12.9. The molecule has 8 aromatic carbocycles. The van der Waals surface area contributed by atoms with Crippen LogP contribution in [0, 0.1) is 22.7 Å². The number of fused-ring (bicyclic) bond motifs is 3. The topological polar surface area (TPSA) is 54.1 Å². The van der Waals surface area contributed by atoms with Crippen molar-refractivity contribution in [1.29, 1.82) is 10.5 Å². The number of nitrogens with zero attached hydrogens (tertiary/aromatic N) is 4. The van der Waals surface area contributed by atoms with Crippen LogP contribution in [0.15, 0.2) is 188 Å². The van der Waals surface area contributed by atoms with Crippen molar-refractivity contribution in [1.82, 2.24) is 0 Å². The predicted molar refractivity (Wildman–Crippen MR) is 225 cm³/mol. The van der Waals surface area contributed by atoms with Gasteiger partial charge in [-0.1, -0.05) is 121 Å². The normalized spacial score (nSPS) is 11.1. The van der Waals surface area contributed by atoms with Crippen LogP contribution in [0.3, 0.4) is 0 Å². The van der Waals surface area contributed by atoms with Crippen LogP contribution in [0.4, 0.5) is 28.4 Å². The van der Waals surface area contributed by atoms with Gasteiger partial charge in [-0.3, -0.25) is 0 Å². The summed E-state index contributed by atoms with van der Waals surface area (Å²) in [5.74, 6) is 0. The van der Waals surface area contributed by atoms with E-state index in [1.165, 1.54) is 0 Å². The highest BCUT2D eigenvalue weighted by molar-refractivity contribution is 6.13. The third-order valence-electron chi connectivity index (χ3n) is 9.52. The summed E-state index contributed by atoms with van der Waals surface area (Å²) in [4.78, 5) is 4.40. The van der Waals surface area contributed by atoms with Gasteiger partial charge in [0, 0.05) is 45.4 Å². The van der Waals surface area contributed by atoms with Gasteiger partial charge in [0.2, 0.25) is 0 Å². The van der Waals surface area contributed by atoms with E-state index < -0.39 is 0 Å². The number of benzene rings is 8. The van der Waals surface area contributed by atoms with Gasteiger partial charge in [0.05, 0.1) is 11.1 Å². The summed E-state index contributed by atoms with van der Waals surface area (Å²) in [6.07, 6.45) is 8.35. The zero-order valence-electron chi connectivity index (χ0n) is 29.4. The van der Waals surface area contributed by atoms with E-state index in [1.807, 2.05) is 72.8 Å². The molecule has 4 nitrogen and oxygen atoms in total. The van der Waals surface area contributed by atoms with Crippen molar-refractivity contribution in [2.45, 2.75) is 0 Å². The molecule has 0 fully saturated rings. The van der Waals surface area contributed by atoms with Gasteiger partial charge in [0.1, 0.15) is 12.1 Å². The largest absolute Gasteiger partial charge is 0.317 e. The highest BCUT2D eigenvalue weighted by Gasteiger charge is 2.16. The van der Waals surface area contributed by atoms with Gasteiger partial charge in [-0.15, -0.1) is 0 Å². The molecule has 0 aliphatic heterocycles. The number of para-hydroxylation sites is 4. The second kappa shape index (κ2) is 15.3. The highest BCUT2D eigenvalue weighted by atomic mass is 15.1. The van der Waals surface area contributed by atoms with Crippen molar-refractivity contribution in [3.8, 4) is 12.1 Å². The zero-order chi connectivity index (χ0) is 36.7. The van der Waals surface area contributed by atoms with E-state index in [1.54, 1.807) is 0 Å². The Morgan fingerprint density at radius 1 is 0.352 bits per heavy atom. The fourth-order valence-corrected chi connectivity index (χ4v) is 6.90. The van der Waals surface area contributed by atoms with E-state index in [-0.39, 0.29) is 0 Å². The molecule has 0 radical (unpaired) electrons. The van der Waals surface area contributed by atoms with Crippen molar-refractivity contribution < 1.29 is 0 Å². The lowest BCUT2D eigenvalue weighted by Crippen LogP contribution is -2.09. The fraction of sp³-hybridized carbons (Fsp3) is 0. The summed E-state index contributed by atoms with van der Waals surface area (Å²) in [5, 5.41) is 23.8. The van der Waals surface area contributed by atoms with Crippen LogP contribution < -0.4 is 9.80 Å². The van der Waals surface area contributed by atoms with E-state index in [0.29, 0.717) is 11.1 Å². The van der Waals surface area contributed by atoms with E-state index >= 15 is 0 Å². The van der Waals surface area contributed by atoms with Crippen molar-refractivity contribution in [3.05, 3.63) is 216 Å². The summed E-state index contributed by atoms with van der Waals surface area (Å²) in [5.41, 5.74) is 9.19. The molecule has 254 valence electrons. The van der Waals surface area contributed by atoms with Gasteiger partial charge >= 0.3 is 0 Å². The predicted octanol–water partition coefficient (Wildman–Crippen LogP) is 13.2. The molecular formula is C50H34N4. The molecule has 0 saturated carbocycles. The molecule has 0 aliphatic rings. The minimum Gasteiger partial charge on any atom is -0.317 e. The fourth-order valence-electron chi connectivity index (χ4n) is 6.90. The van der Waals surface area contributed by atoms with Crippen LogP contribution in [-0.4, -0.2) is 0 Å². The molecule has 0 spiro atoms. The molecular weight excluding hydrogens is 657 g/mol. The minimum atomic E-state index is 0.397. The lowest BCUT2D eigenvalue weighted by atomic mass is 9.90. The molecule has 0 N–H and O–H groups in total. The summed E-state index contributed by atoms with van der Waals surface area (Å²) >= 11 is 0. The Balaban J connectivity index is 1.15. The Morgan fingerprint density at radius 2 is 0.722 bits per heavy atom. The molecule has 0 amide bonds. The van der Waals surface area contributed by atoms with E-state index in [4.69, 9.17) is 0 Å². The molecule has 0 bridgehead atoms. The molecule has 54 heavy (non-hydrogen) atoms. The minimum absolute atomic E-state index is 0.397. The molecule has 0 unspecified atom stereocenters. The molecule has 0 aliphatic carbocycles. The highest BCUT2D eigenvalue weighted by Crippen LogP contribution is 2.36. The summed E-state index contributed by atoms with van der Waals surface area (Å²) < 4.78 is 0. The van der Waals surface area contributed by atoms with Gasteiger partial charge in [0.25, 0.3) is 0 Å². The van der Waals surface area contributed by atoms with E-state index in [2.05, 4.69) is 156 Å². The van der Waals surface area contributed by atoms with Crippen LogP contribution >= 0.6 is 0 Å². The SMILES string of the molecule is N#Cc1c(C#N)c2ccc(/C=C/N(c3ccccc3)c3ccccc3)cc2c2cc(/C=C/c3ccc(N(c4ccccc4)c4ccccc4)cc3)ccc12. The first-order valence-corrected chi connectivity index (χ1v) is 17.8. The maximum atomic E-state index is 10.2. The van der Waals surface area contributed by atoms with Crippen LogP contribution in [-0.2, 0) is 0 Å². The molecule has 8 aromatic rings. The maximum Gasteiger partial charge on any atom is 0.101 e. The molecule has 4 heteroatoms. The standard InChI is InChI=1S/C50H34N4/c51-35-49-45-29-25-38(22-21-37-23-27-44(28-24-37)54(42-17-9-3-10-18-42)43-19-11-4-12-20-43)33-47(45)48-34-39(26-30-46(48)50(49)36-52)31-32-53(40-13-5-1-6-14-40)41-15-7-2-8-16-41/h1-34H/b22-21+,32-31+. The lowest BCUT2D eigenvalue weighted by Gasteiger charge is -2.25.